The quantitative estimate of drug-likeness (QED) is 0.743. The molecule has 0 atom stereocenters. The van der Waals surface area contributed by atoms with Crippen molar-refractivity contribution in [1.29, 1.82) is 0 Å². The first kappa shape index (κ1) is 20.7. The zero-order valence-electron chi connectivity index (χ0n) is 17.3. The molecule has 154 valence electrons. The number of carbonyl (C=O) groups is 2. The maximum atomic E-state index is 12.5. The van der Waals surface area contributed by atoms with Crippen molar-refractivity contribution in [2.24, 2.45) is 0 Å². The standard InChI is InChI=1S/C23H28N2O4/c1-4-28-21-9-6-17(14-22(21)29-5-2)10-12-24-23(27)19-7-8-20-18(15-19)11-13-25(20)16(3)26/h6-9,14-15H,4-5,10-13H2,1-3H3,(H,24,27). The molecule has 0 bridgehead atoms. The number of benzene rings is 2. The molecule has 3 rings (SSSR count). The van der Waals surface area contributed by atoms with Crippen LogP contribution in [0, 0.1) is 0 Å². The van der Waals surface area contributed by atoms with Gasteiger partial charge in [0.25, 0.3) is 5.91 Å². The molecule has 1 aliphatic heterocycles. The summed E-state index contributed by atoms with van der Waals surface area (Å²) in [5, 5.41) is 2.97. The lowest BCUT2D eigenvalue weighted by molar-refractivity contribution is -0.116. The molecule has 29 heavy (non-hydrogen) atoms. The van der Waals surface area contributed by atoms with Crippen molar-refractivity contribution >= 4 is 17.5 Å². The minimum absolute atomic E-state index is 0.0303. The Labute approximate surface area is 171 Å². The van der Waals surface area contributed by atoms with Gasteiger partial charge in [0.1, 0.15) is 0 Å². The maximum absolute atomic E-state index is 12.5. The predicted octanol–water partition coefficient (Wildman–Crippen LogP) is 3.37. The summed E-state index contributed by atoms with van der Waals surface area (Å²) in [4.78, 5) is 25.9. The average molecular weight is 396 g/mol. The Morgan fingerprint density at radius 1 is 1.03 bits per heavy atom. The molecule has 2 amide bonds. The SMILES string of the molecule is CCOc1ccc(CCNC(=O)c2ccc3c(c2)CCN3C(C)=O)cc1OCC. The Balaban J connectivity index is 1.59. The number of hydrogen-bond donors (Lipinski definition) is 1. The molecule has 1 heterocycles. The summed E-state index contributed by atoms with van der Waals surface area (Å²) in [6, 6.07) is 11.4. The molecule has 0 fully saturated rings. The fraction of sp³-hybridized carbons (Fsp3) is 0.391. The molecule has 2 aromatic carbocycles. The fourth-order valence-corrected chi connectivity index (χ4v) is 3.54. The van der Waals surface area contributed by atoms with Gasteiger partial charge in [-0.25, -0.2) is 0 Å². The topological polar surface area (TPSA) is 67.9 Å². The van der Waals surface area contributed by atoms with Crippen molar-refractivity contribution in [1.82, 2.24) is 5.32 Å². The van der Waals surface area contributed by atoms with Crippen LogP contribution < -0.4 is 19.7 Å². The lowest BCUT2D eigenvalue weighted by atomic mass is 10.1. The lowest BCUT2D eigenvalue weighted by Gasteiger charge is -2.15. The van der Waals surface area contributed by atoms with Crippen LogP contribution in [0.5, 0.6) is 11.5 Å². The van der Waals surface area contributed by atoms with Crippen LogP contribution in [0.2, 0.25) is 0 Å². The van der Waals surface area contributed by atoms with Crippen molar-refractivity contribution in [2.75, 3.05) is 31.2 Å². The molecule has 6 heteroatoms. The fourth-order valence-electron chi connectivity index (χ4n) is 3.54. The van der Waals surface area contributed by atoms with Gasteiger partial charge < -0.3 is 19.7 Å². The van der Waals surface area contributed by atoms with Crippen molar-refractivity contribution < 1.29 is 19.1 Å². The Hall–Kier alpha value is -3.02. The highest BCUT2D eigenvalue weighted by Gasteiger charge is 2.23. The van der Waals surface area contributed by atoms with Gasteiger partial charge in [0.05, 0.1) is 13.2 Å². The highest BCUT2D eigenvalue weighted by molar-refractivity contribution is 5.97. The van der Waals surface area contributed by atoms with Crippen molar-refractivity contribution in [2.45, 2.75) is 33.6 Å². The molecule has 2 aromatic rings. The Morgan fingerprint density at radius 3 is 2.52 bits per heavy atom. The van der Waals surface area contributed by atoms with Crippen LogP contribution in [0.4, 0.5) is 5.69 Å². The van der Waals surface area contributed by atoms with Gasteiger partial charge in [-0.1, -0.05) is 6.07 Å². The van der Waals surface area contributed by atoms with Gasteiger partial charge in [0.2, 0.25) is 5.91 Å². The second-order valence-corrected chi connectivity index (χ2v) is 6.92. The van der Waals surface area contributed by atoms with Gasteiger partial charge in [-0.2, -0.15) is 0 Å². The minimum Gasteiger partial charge on any atom is -0.490 e. The summed E-state index contributed by atoms with van der Waals surface area (Å²) in [6.45, 7) is 7.79. The Kier molecular flexibility index (Phi) is 6.75. The first-order valence-corrected chi connectivity index (χ1v) is 10.1. The van der Waals surface area contributed by atoms with E-state index in [0.717, 1.165) is 34.7 Å². The van der Waals surface area contributed by atoms with E-state index in [-0.39, 0.29) is 11.8 Å². The van der Waals surface area contributed by atoms with E-state index in [0.29, 0.717) is 38.3 Å². The number of carbonyl (C=O) groups excluding carboxylic acids is 2. The van der Waals surface area contributed by atoms with Gasteiger partial charge in [-0.15, -0.1) is 0 Å². The predicted molar refractivity (Wildman–Crippen MR) is 113 cm³/mol. The Morgan fingerprint density at radius 2 is 1.79 bits per heavy atom. The van der Waals surface area contributed by atoms with Crippen LogP contribution in [0.25, 0.3) is 0 Å². The maximum Gasteiger partial charge on any atom is 0.251 e. The number of ether oxygens (including phenoxy) is 2. The average Bonchev–Trinajstić information content (AvgIpc) is 3.13. The van der Waals surface area contributed by atoms with Gasteiger partial charge in [0, 0.05) is 31.3 Å². The minimum atomic E-state index is -0.106. The van der Waals surface area contributed by atoms with E-state index in [1.165, 1.54) is 0 Å². The molecule has 0 unspecified atom stereocenters. The largest absolute Gasteiger partial charge is 0.490 e. The monoisotopic (exact) mass is 396 g/mol. The second kappa shape index (κ2) is 9.45. The first-order chi connectivity index (χ1) is 14.0. The highest BCUT2D eigenvalue weighted by atomic mass is 16.5. The third kappa shape index (κ3) is 4.88. The third-order valence-electron chi connectivity index (χ3n) is 4.92. The van der Waals surface area contributed by atoms with Crippen LogP contribution in [0.1, 0.15) is 42.3 Å². The highest BCUT2D eigenvalue weighted by Crippen LogP contribution is 2.29. The summed E-state index contributed by atoms with van der Waals surface area (Å²) in [5.41, 5.74) is 3.65. The zero-order chi connectivity index (χ0) is 20.8. The molecule has 0 radical (unpaired) electrons. The first-order valence-electron chi connectivity index (χ1n) is 10.1. The summed E-state index contributed by atoms with van der Waals surface area (Å²) >= 11 is 0. The zero-order valence-corrected chi connectivity index (χ0v) is 17.3. The smallest absolute Gasteiger partial charge is 0.251 e. The normalized spacial score (nSPS) is 12.4. The molecule has 0 saturated heterocycles. The molecular formula is C23H28N2O4. The molecule has 6 nitrogen and oxygen atoms in total. The number of amides is 2. The van der Waals surface area contributed by atoms with E-state index >= 15 is 0 Å². The van der Waals surface area contributed by atoms with E-state index in [4.69, 9.17) is 9.47 Å². The summed E-state index contributed by atoms with van der Waals surface area (Å²) in [5.74, 6) is 1.39. The molecule has 0 aromatic heterocycles. The lowest BCUT2D eigenvalue weighted by Crippen LogP contribution is -2.26. The van der Waals surface area contributed by atoms with Gasteiger partial charge >= 0.3 is 0 Å². The summed E-state index contributed by atoms with van der Waals surface area (Å²) < 4.78 is 11.2. The summed E-state index contributed by atoms with van der Waals surface area (Å²) in [6.07, 6.45) is 1.48. The molecule has 0 spiro atoms. The molecule has 0 saturated carbocycles. The molecule has 1 aliphatic rings. The molecular weight excluding hydrogens is 368 g/mol. The number of nitrogens with zero attached hydrogens (tertiary/aromatic N) is 1. The van der Waals surface area contributed by atoms with E-state index in [1.54, 1.807) is 17.9 Å². The number of fused-ring (bicyclic) bond motifs is 1. The van der Waals surface area contributed by atoms with Crippen LogP contribution >= 0.6 is 0 Å². The second-order valence-electron chi connectivity index (χ2n) is 6.92. The van der Waals surface area contributed by atoms with Crippen LogP contribution in [0.15, 0.2) is 36.4 Å². The third-order valence-corrected chi connectivity index (χ3v) is 4.92. The van der Waals surface area contributed by atoms with E-state index in [1.807, 2.05) is 44.2 Å². The van der Waals surface area contributed by atoms with Gasteiger partial charge in [-0.3, -0.25) is 9.59 Å². The van der Waals surface area contributed by atoms with Crippen molar-refractivity contribution in [3.63, 3.8) is 0 Å². The van der Waals surface area contributed by atoms with Gasteiger partial charge in [0.15, 0.2) is 11.5 Å². The van der Waals surface area contributed by atoms with Crippen LogP contribution in [0.3, 0.4) is 0 Å². The van der Waals surface area contributed by atoms with Crippen molar-refractivity contribution in [3.05, 3.63) is 53.1 Å². The number of hydrogen-bond acceptors (Lipinski definition) is 4. The molecule has 1 N–H and O–H groups in total. The number of rotatable bonds is 8. The van der Waals surface area contributed by atoms with Crippen LogP contribution in [-0.2, 0) is 17.6 Å². The van der Waals surface area contributed by atoms with Crippen molar-refractivity contribution in [3.8, 4) is 11.5 Å². The number of nitrogens with one attached hydrogen (secondary N) is 1. The number of anilines is 1. The van der Waals surface area contributed by atoms with E-state index in [9.17, 15) is 9.59 Å². The Bertz CT molecular complexity index is 894. The van der Waals surface area contributed by atoms with E-state index in [2.05, 4.69) is 5.32 Å². The van der Waals surface area contributed by atoms with Crippen LogP contribution in [-0.4, -0.2) is 38.1 Å². The van der Waals surface area contributed by atoms with E-state index < -0.39 is 0 Å². The summed E-state index contributed by atoms with van der Waals surface area (Å²) in [7, 11) is 0. The van der Waals surface area contributed by atoms with Gasteiger partial charge in [-0.05, 0) is 68.1 Å². The molecule has 0 aliphatic carbocycles.